The Bertz CT molecular complexity index is 389. The topological polar surface area (TPSA) is 12.0 Å². The fraction of sp³-hybridized carbons (Fsp3) is 0.600. The summed E-state index contributed by atoms with van der Waals surface area (Å²) in [6.45, 7) is 6.43. The van der Waals surface area contributed by atoms with Gasteiger partial charge in [-0.25, -0.2) is 4.39 Å². The summed E-state index contributed by atoms with van der Waals surface area (Å²) < 4.78 is 13.2. The van der Waals surface area contributed by atoms with Crippen LogP contribution in [0.5, 0.6) is 0 Å². The summed E-state index contributed by atoms with van der Waals surface area (Å²) in [5.74, 6) is 1.38. The van der Waals surface area contributed by atoms with Crippen molar-refractivity contribution in [3.63, 3.8) is 0 Å². The normalized spacial score (nSPS) is 29.1. The van der Waals surface area contributed by atoms with Gasteiger partial charge in [0.15, 0.2) is 0 Å². The number of nitrogens with one attached hydrogen (secondary N) is 1. The second kappa shape index (κ2) is 5.07. The molecule has 2 heteroatoms. The molecule has 1 aliphatic carbocycles. The molecule has 17 heavy (non-hydrogen) atoms. The molecule has 1 aromatic rings. The number of benzene rings is 1. The maximum Gasteiger partial charge on any atom is 0.126 e. The van der Waals surface area contributed by atoms with E-state index in [1.165, 1.54) is 19.3 Å². The minimum atomic E-state index is -0.124. The number of hydrogen-bond donors (Lipinski definition) is 1. The molecule has 94 valence electrons. The Balaban J connectivity index is 2.06. The molecule has 1 fully saturated rings. The predicted molar refractivity (Wildman–Crippen MR) is 70.7 cm³/mol. The first-order valence-electron chi connectivity index (χ1n) is 6.59. The maximum atomic E-state index is 13.2. The molecule has 3 atom stereocenters. The highest BCUT2D eigenvalue weighted by Gasteiger charge is 2.25. The molecule has 1 aliphatic rings. The van der Waals surface area contributed by atoms with Crippen LogP contribution in [0.15, 0.2) is 18.2 Å². The van der Waals surface area contributed by atoms with Crippen molar-refractivity contribution in [1.82, 2.24) is 0 Å². The van der Waals surface area contributed by atoms with Crippen LogP contribution in [0, 0.1) is 24.6 Å². The lowest BCUT2D eigenvalue weighted by molar-refractivity contribution is 0.280. The van der Waals surface area contributed by atoms with Crippen molar-refractivity contribution < 1.29 is 4.39 Å². The molecule has 0 amide bonds. The van der Waals surface area contributed by atoms with Crippen molar-refractivity contribution in [3.05, 3.63) is 29.6 Å². The molecule has 1 nitrogen and oxygen atoms in total. The largest absolute Gasteiger partial charge is 0.382 e. The van der Waals surface area contributed by atoms with Crippen LogP contribution < -0.4 is 5.32 Å². The summed E-state index contributed by atoms with van der Waals surface area (Å²) in [7, 11) is 0. The molecule has 0 heterocycles. The monoisotopic (exact) mass is 235 g/mol. The minimum absolute atomic E-state index is 0.124. The first kappa shape index (κ1) is 12.4. The third kappa shape index (κ3) is 2.99. The van der Waals surface area contributed by atoms with Gasteiger partial charge in [0, 0.05) is 11.7 Å². The van der Waals surface area contributed by atoms with Crippen molar-refractivity contribution in [1.29, 1.82) is 0 Å². The van der Waals surface area contributed by atoms with Crippen molar-refractivity contribution in [3.8, 4) is 0 Å². The summed E-state index contributed by atoms with van der Waals surface area (Å²) >= 11 is 0. The summed E-state index contributed by atoms with van der Waals surface area (Å²) in [5, 5.41) is 3.56. The van der Waals surface area contributed by atoms with Gasteiger partial charge in [-0.2, -0.15) is 0 Å². The van der Waals surface area contributed by atoms with Gasteiger partial charge in [-0.05, 0) is 55.4 Å². The molecule has 0 radical (unpaired) electrons. The van der Waals surface area contributed by atoms with E-state index in [4.69, 9.17) is 0 Å². The van der Waals surface area contributed by atoms with Crippen molar-refractivity contribution in [2.75, 3.05) is 5.32 Å². The number of rotatable bonds is 2. The Morgan fingerprint density at radius 1 is 1.24 bits per heavy atom. The first-order valence-corrected chi connectivity index (χ1v) is 6.59. The first-order chi connectivity index (χ1) is 8.06. The average Bonchev–Trinajstić information content (AvgIpc) is 2.29. The Kier molecular flexibility index (Phi) is 3.70. The summed E-state index contributed by atoms with van der Waals surface area (Å²) in [6, 6.07) is 5.83. The van der Waals surface area contributed by atoms with E-state index < -0.39 is 0 Å². The lowest BCUT2D eigenvalue weighted by atomic mass is 9.80. The third-order valence-corrected chi connectivity index (χ3v) is 3.97. The van der Waals surface area contributed by atoms with Gasteiger partial charge < -0.3 is 5.32 Å². The standard InChI is InChI=1S/C15H22FN/c1-10-4-5-11(2)15(8-10)17-13-6-7-14(16)12(3)9-13/h6-7,9-11,15,17H,4-5,8H2,1-3H3. The Labute approximate surface area is 103 Å². The van der Waals surface area contributed by atoms with Gasteiger partial charge in [0.05, 0.1) is 0 Å². The molecular formula is C15H22FN. The second-order valence-electron chi connectivity index (χ2n) is 5.61. The van der Waals surface area contributed by atoms with E-state index in [0.29, 0.717) is 17.5 Å². The van der Waals surface area contributed by atoms with E-state index in [2.05, 4.69) is 19.2 Å². The van der Waals surface area contributed by atoms with E-state index in [0.717, 1.165) is 11.6 Å². The highest BCUT2D eigenvalue weighted by Crippen LogP contribution is 2.30. The Morgan fingerprint density at radius 2 is 2.00 bits per heavy atom. The van der Waals surface area contributed by atoms with Crippen molar-refractivity contribution in [2.45, 2.75) is 46.1 Å². The molecule has 3 unspecified atom stereocenters. The fourth-order valence-electron chi connectivity index (χ4n) is 2.68. The smallest absolute Gasteiger partial charge is 0.126 e. The molecule has 0 saturated heterocycles. The van der Waals surface area contributed by atoms with Crippen molar-refractivity contribution in [2.24, 2.45) is 11.8 Å². The van der Waals surface area contributed by atoms with E-state index in [1.54, 1.807) is 6.07 Å². The van der Waals surface area contributed by atoms with Gasteiger partial charge in [-0.15, -0.1) is 0 Å². The van der Waals surface area contributed by atoms with E-state index >= 15 is 0 Å². The van der Waals surface area contributed by atoms with Crippen LogP contribution in [0.1, 0.15) is 38.7 Å². The van der Waals surface area contributed by atoms with Crippen LogP contribution in [-0.4, -0.2) is 6.04 Å². The van der Waals surface area contributed by atoms with Crippen molar-refractivity contribution >= 4 is 5.69 Å². The van der Waals surface area contributed by atoms with Gasteiger partial charge >= 0.3 is 0 Å². The van der Waals surface area contributed by atoms with Gasteiger partial charge in [0.2, 0.25) is 0 Å². The fourth-order valence-corrected chi connectivity index (χ4v) is 2.68. The molecule has 1 saturated carbocycles. The van der Waals surface area contributed by atoms with Crippen LogP contribution >= 0.6 is 0 Å². The molecule has 1 N–H and O–H groups in total. The number of hydrogen-bond acceptors (Lipinski definition) is 1. The highest BCUT2D eigenvalue weighted by atomic mass is 19.1. The van der Waals surface area contributed by atoms with E-state index in [1.807, 2.05) is 19.1 Å². The maximum absolute atomic E-state index is 13.2. The van der Waals surface area contributed by atoms with Gasteiger partial charge in [-0.3, -0.25) is 0 Å². The molecule has 0 bridgehead atoms. The zero-order chi connectivity index (χ0) is 12.4. The Morgan fingerprint density at radius 3 is 2.71 bits per heavy atom. The van der Waals surface area contributed by atoms with Gasteiger partial charge in [0.1, 0.15) is 5.82 Å². The highest BCUT2D eigenvalue weighted by molar-refractivity contribution is 5.46. The average molecular weight is 235 g/mol. The zero-order valence-corrected chi connectivity index (χ0v) is 11.0. The summed E-state index contributed by atoms with van der Waals surface area (Å²) in [4.78, 5) is 0. The van der Waals surface area contributed by atoms with Crippen LogP contribution in [0.4, 0.5) is 10.1 Å². The quantitative estimate of drug-likeness (QED) is 0.802. The van der Waals surface area contributed by atoms with E-state index in [9.17, 15) is 4.39 Å². The van der Waals surface area contributed by atoms with Gasteiger partial charge in [-0.1, -0.05) is 20.3 Å². The zero-order valence-electron chi connectivity index (χ0n) is 11.0. The third-order valence-electron chi connectivity index (χ3n) is 3.97. The summed E-state index contributed by atoms with van der Waals surface area (Å²) in [5.41, 5.74) is 1.77. The van der Waals surface area contributed by atoms with Crippen LogP contribution in [0.3, 0.4) is 0 Å². The van der Waals surface area contributed by atoms with Crippen LogP contribution in [0.2, 0.25) is 0 Å². The number of anilines is 1. The lowest BCUT2D eigenvalue weighted by Crippen LogP contribution is -2.33. The molecule has 2 rings (SSSR count). The minimum Gasteiger partial charge on any atom is -0.382 e. The number of halogens is 1. The van der Waals surface area contributed by atoms with Crippen LogP contribution in [0.25, 0.3) is 0 Å². The molecular weight excluding hydrogens is 213 g/mol. The summed E-state index contributed by atoms with van der Waals surface area (Å²) in [6.07, 6.45) is 3.85. The molecule has 0 aromatic heterocycles. The number of aryl methyl sites for hydroxylation is 1. The Hall–Kier alpha value is -1.05. The van der Waals surface area contributed by atoms with Crippen LogP contribution in [-0.2, 0) is 0 Å². The molecule has 1 aromatic carbocycles. The van der Waals surface area contributed by atoms with Gasteiger partial charge in [0.25, 0.3) is 0 Å². The predicted octanol–water partition coefficient (Wildman–Crippen LogP) is 4.37. The molecule has 0 spiro atoms. The molecule has 0 aliphatic heterocycles. The lowest BCUT2D eigenvalue weighted by Gasteiger charge is -2.34. The van der Waals surface area contributed by atoms with E-state index in [-0.39, 0.29) is 5.82 Å². The second-order valence-corrected chi connectivity index (χ2v) is 5.61. The SMILES string of the molecule is Cc1cc(NC2CC(C)CCC2C)ccc1F.